The average molecular weight is 290 g/mol. The highest BCUT2D eigenvalue weighted by atomic mass is 32.2. The molecule has 0 spiro atoms. The molecule has 0 fully saturated rings. The predicted molar refractivity (Wildman–Crippen MR) is 74.3 cm³/mol. The van der Waals surface area contributed by atoms with E-state index < -0.39 is 20.8 Å². The largest absolute Gasteiger partial charge is 0.399 e. The van der Waals surface area contributed by atoms with Gasteiger partial charge in [0, 0.05) is 34.5 Å². The standard InChI is InChI=1S/C11H18N2O3S2/c1-3-17(14)7-6-13-18(15,16)11-8-10(12)5-4-9(11)2/h4-5,8,13H,3,6-7,12H2,1-2H3. The van der Waals surface area contributed by atoms with Crippen LogP contribution >= 0.6 is 0 Å². The number of nitrogens with two attached hydrogens (primary N) is 1. The van der Waals surface area contributed by atoms with Crippen LogP contribution in [0.1, 0.15) is 12.5 Å². The lowest BCUT2D eigenvalue weighted by molar-refractivity contribution is 0.583. The van der Waals surface area contributed by atoms with Gasteiger partial charge in [-0.3, -0.25) is 4.21 Å². The van der Waals surface area contributed by atoms with Gasteiger partial charge in [0.15, 0.2) is 0 Å². The second kappa shape index (κ2) is 6.31. The number of aryl methyl sites for hydroxylation is 1. The molecule has 0 aliphatic rings. The fourth-order valence-corrected chi connectivity index (χ4v) is 3.48. The Kier molecular flexibility index (Phi) is 5.30. The van der Waals surface area contributed by atoms with E-state index in [0.717, 1.165) is 0 Å². The van der Waals surface area contributed by atoms with Gasteiger partial charge in [-0.25, -0.2) is 13.1 Å². The van der Waals surface area contributed by atoms with Gasteiger partial charge in [0.25, 0.3) is 0 Å². The molecule has 1 unspecified atom stereocenters. The molecular formula is C11H18N2O3S2. The topological polar surface area (TPSA) is 89.3 Å². The van der Waals surface area contributed by atoms with Gasteiger partial charge in [-0.15, -0.1) is 0 Å². The average Bonchev–Trinajstić information content (AvgIpc) is 2.31. The van der Waals surface area contributed by atoms with Crippen LogP contribution in [0.3, 0.4) is 0 Å². The Morgan fingerprint density at radius 2 is 2.06 bits per heavy atom. The summed E-state index contributed by atoms with van der Waals surface area (Å²) in [5.74, 6) is 0.843. The first-order valence-corrected chi connectivity index (χ1v) is 8.54. The molecular weight excluding hydrogens is 272 g/mol. The number of hydrogen-bond acceptors (Lipinski definition) is 4. The number of nitrogens with one attached hydrogen (secondary N) is 1. The Morgan fingerprint density at radius 1 is 1.39 bits per heavy atom. The number of rotatable bonds is 6. The first-order chi connectivity index (χ1) is 8.36. The molecule has 5 nitrogen and oxygen atoms in total. The lowest BCUT2D eigenvalue weighted by Crippen LogP contribution is -2.28. The van der Waals surface area contributed by atoms with Gasteiger partial charge in [-0.1, -0.05) is 13.0 Å². The van der Waals surface area contributed by atoms with Crippen molar-refractivity contribution in [3.8, 4) is 0 Å². The Balaban J connectivity index is 2.80. The van der Waals surface area contributed by atoms with E-state index in [1.165, 1.54) is 6.07 Å². The molecule has 0 amide bonds. The van der Waals surface area contributed by atoms with Crippen LogP contribution in [0.2, 0.25) is 0 Å². The highest BCUT2D eigenvalue weighted by molar-refractivity contribution is 7.89. The zero-order chi connectivity index (χ0) is 13.8. The SMILES string of the molecule is CCS(=O)CCNS(=O)(=O)c1cc(N)ccc1C. The zero-order valence-corrected chi connectivity index (χ0v) is 12.1. The van der Waals surface area contributed by atoms with Gasteiger partial charge in [-0.2, -0.15) is 0 Å². The quantitative estimate of drug-likeness (QED) is 0.752. The third-order valence-electron chi connectivity index (χ3n) is 2.45. The van der Waals surface area contributed by atoms with Crippen LogP contribution in [0.5, 0.6) is 0 Å². The Bertz CT molecular complexity index is 541. The molecule has 1 aromatic rings. The molecule has 3 N–H and O–H groups in total. The fourth-order valence-electron chi connectivity index (χ4n) is 1.42. The minimum Gasteiger partial charge on any atom is -0.399 e. The molecule has 18 heavy (non-hydrogen) atoms. The number of benzene rings is 1. The van der Waals surface area contributed by atoms with Crippen molar-refractivity contribution in [2.24, 2.45) is 0 Å². The summed E-state index contributed by atoms with van der Waals surface area (Å²) in [5.41, 5.74) is 6.62. The lowest BCUT2D eigenvalue weighted by Gasteiger charge is -2.09. The van der Waals surface area contributed by atoms with E-state index in [4.69, 9.17) is 5.73 Å². The molecule has 0 aromatic heterocycles. The van der Waals surface area contributed by atoms with E-state index in [0.29, 0.717) is 22.8 Å². The first kappa shape index (κ1) is 15.1. The molecule has 7 heteroatoms. The number of hydrogen-bond donors (Lipinski definition) is 2. The Labute approximate surface area is 110 Å². The third kappa shape index (κ3) is 4.08. The van der Waals surface area contributed by atoms with E-state index in [1.807, 2.05) is 0 Å². The van der Waals surface area contributed by atoms with E-state index in [9.17, 15) is 12.6 Å². The van der Waals surface area contributed by atoms with Crippen LogP contribution in [0.15, 0.2) is 23.1 Å². The molecule has 0 saturated carbocycles. The van der Waals surface area contributed by atoms with Gasteiger partial charge in [0.05, 0.1) is 4.90 Å². The van der Waals surface area contributed by atoms with Gasteiger partial charge in [-0.05, 0) is 24.6 Å². The van der Waals surface area contributed by atoms with Crippen molar-refractivity contribution in [2.45, 2.75) is 18.7 Å². The summed E-state index contributed by atoms with van der Waals surface area (Å²) in [6, 6.07) is 4.74. The first-order valence-electron chi connectivity index (χ1n) is 5.57. The molecule has 0 heterocycles. The van der Waals surface area contributed by atoms with Crippen molar-refractivity contribution < 1.29 is 12.6 Å². The monoisotopic (exact) mass is 290 g/mol. The maximum atomic E-state index is 12.0. The van der Waals surface area contributed by atoms with Gasteiger partial charge in [0.2, 0.25) is 10.0 Å². The predicted octanol–water partition coefficient (Wildman–Crippen LogP) is 0.624. The van der Waals surface area contributed by atoms with Gasteiger partial charge >= 0.3 is 0 Å². The zero-order valence-electron chi connectivity index (χ0n) is 10.5. The highest BCUT2D eigenvalue weighted by Crippen LogP contribution is 2.17. The molecule has 0 bridgehead atoms. The van der Waals surface area contributed by atoms with Gasteiger partial charge < -0.3 is 5.73 Å². The second-order valence-electron chi connectivity index (χ2n) is 3.86. The van der Waals surface area contributed by atoms with E-state index in [1.54, 1.807) is 26.0 Å². The summed E-state index contributed by atoms with van der Waals surface area (Å²) >= 11 is 0. The normalized spacial score (nSPS) is 13.4. The van der Waals surface area contributed by atoms with E-state index >= 15 is 0 Å². The number of sulfonamides is 1. The Hall–Kier alpha value is -0.920. The van der Waals surface area contributed by atoms with Crippen molar-refractivity contribution in [1.29, 1.82) is 0 Å². The molecule has 102 valence electrons. The molecule has 1 aromatic carbocycles. The maximum absolute atomic E-state index is 12.0. The minimum atomic E-state index is -3.58. The minimum absolute atomic E-state index is 0.164. The van der Waals surface area contributed by atoms with Crippen LogP contribution in [-0.2, 0) is 20.8 Å². The van der Waals surface area contributed by atoms with E-state index in [2.05, 4.69) is 4.72 Å². The van der Waals surface area contributed by atoms with E-state index in [-0.39, 0.29) is 11.4 Å². The van der Waals surface area contributed by atoms with Crippen LogP contribution < -0.4 is 10.5 Å². The van der Waals surface area contributed by atoms with Crippen molar-refractivity contribution >= 4 is 26.5 Å². The summed E-state index contributed by atoms with van der Waals surface area (Å²) in [4.78, 5) is 0.171. The summed E-state index contributed by atoms with van der Waals surface area (Å²) in [6.07, 6.45) is 0. The Morgan fingerprint density at radius 3 is 2.67 bits per heavy atom. The highest BCUT2D eigenvalue weighted by Gasteiger charge is 2.16. The van der Waals surface area contributed by atoms with Crippen molar-refractivity contribution in [3.63, 3.8) is 0 Å². The molecule has 0 aliphatic heterocycles. The van der Waals surface area contributed by atoms with Crippen molar-refractivity contribution in [1.82, 2.24) is 4.72 Å². The summed E-state index contributed by atoms with van der Waals surface area (Å²) in [7, 11) is -4.56. The number of nitrogen functional groups attached to an aromatic ring is 1. The van der Waals surface area contributed by atoms with Crippen molar-refractivity contribution in [2.75, 3.05) is 23.8 Å². The smallest absolute Gasteiger partial charge is 0.240 e. The summed E-state index contributed by atoms with van der Waals surface area (Å²) < 4.78 is 37.7. The molecule has 1 rings (SSSR count). The number of anilines is 1. The van der Waals surface area contributed by atoms with Crippen LogP contribution in [-0.4, -0.2) is 30.7 Å². The second-order valence-corrected chi connectivity index (χ2v) is 7.46. The van der Waals surface area contributed by atoms with Gasteiger partial charge in [0.1, 0.15) is 0 Å². The van der Waals surface area contributed by atoms with Crippen LogP contribution in [0.4, 0.5) is 5.69 Å². The van der Waals surface area contributed by atoms with Crippen molar-refractivity contribution in [3.05, 3.63) is 23.8 Å². The summed E-state index contributed by atoms with van der Waals surface area (Å²) in [6.45, 7) is 3.67. The lowest BCUT2D eigenvalue weighted by atomic mass is 10.2. The van der Waals surface area contributed by atoms with Crippen LogP contribution in [0.25, 0.3) is 0 Å². The third-order valence-corrected chi connectivity index (χ3v) is 5.35. The fraction of sp³-hybridized carbons (Fsp3) is 0.455. The van der Waals surface area contributed by atoms with Crippen LogP contribution in [0, 0.1) is 6.92 Å². The molecule has 1 atom stereocenters. The molecule has 0 radical (unpaired) electrons. The maximum Gasteiger partial charge on any atom is 0.240 e. The summed E-state index contributed by atoms with van der Waals surface area (Å²) in [5, 5.41) is 0. The molecule has 0 aliphatic carbocycles. The molecule has 0 saturated heterocycles.